The number of esters is 1. The molecule has 1 fully saturated rings. The van der Waals surface area contributed by atoms with E-state index in [2.05, 4.69) is 5.32 Å². The Hall–Kier alpha value is -3.62. The number of carbonyl (C=O) groups excluding carboxylic acids is 3. The maximum Gasteiger partial charge on any atom is 0.311 e. The first-order chi connectivity index (χ1) is 14.4. The topological polar surface area (TPSA) is 94.2 Å². The summed E-state index contributed by atoms with van der Waals surface area (Å²) in [4.78, 5) is 38.1. The number of amides is 2. The van der Waals surface area contributed by atoms with Crippen molar-refractivity contribution in [1.29, 1.82) is 0 Å². The molecule has 8 nitrogen and oxygen atoms in total. The molecule has 2 amide bonds. The fraction of sp³-hybridized carbons (Fsp3) is 0.286. The summed E-state index contributed by atoms with van der Waals surface area (Å²) in [5, 5.41) is 2.60. The molecule has 30 heavy (non-hydrogen) atoms. The van der Waals surface area contributed by atoms with Gasteiger partial charge in [0.05, 0.1) is 25.8 Å². The van der Waals surface area contributed by atoms with Crippen molar-refractivity contribution >= 4 is 29.2 Å². The second kappa shape index (κ2) is 9.25. The molecule has 1 aliphatic heterocycles. The monoisotopic (exact) mass is 416 g/mol. The third kappa shape index (κ3) is 4.86. The fourth-order valence-electron chi connectivity index (χ4n) is 3.09. The smallest absolute Gasteiger partial charge is 0.311 e. The molecule has 1 aliphatic rings. The molecular formula is C21H21FN2O6. The van der Waals surface area contributed by atoms with Crippen molar-refractivity contribution in [2.24, 2.45) is 5.92 Å². The summed E-state index contributed by atoms with van der Waals surface area (Å²) in [6.45, 7) is -0.408. The second-order valence-corrected chi connectivity index (χ2v) is 6.60. The van der Waals surface area contributed by atoms with Crippen LogP contribution in [0.2, 0.25) is 0 Å². The average molecular weight is 416 g/mol. The van der Waals surface area contributed by atoms with Gasteiger partial charge in [-0.05, 0) is 36.4 Å². The lowest BCUT2D eigenvalue weighted by Gasteiger charge is -2.16. The van der Waals surface area contributed by atoms with Crippen LogP contribution < -0.4 is 19.7 Å². The molecule has 1 heterocycles. The maximum atomic E-state index is 13.1. The lowest BCUT2D eigenvalue weighted by molar-refractivity contribution is -0.151. The van der Waals surface area contributed by atoms with E-state index in [1.54, 1.807) is 18.2 Å². The maximum absolute atomic E-state index is 13.1. The molecule has 2 aromatic carbocycles. The Kier molecular flexibility index (Phi) is 6.51. The molecule has 158 valence electrons. The summed E-state index contributed by atoms with van der Waals surface area (Å²) in [5.41, 5.74) is 0.871. The highest BCUT2D eigenvalue weighted by atomic mass is 19.1. The molecule has 2 aromatic rings. The molecule has 0 saturated carbocycles. The first kappa shape index (κ1) is 21.1. The predicted molar refractivity (Wildman–Crippen MR) is 106 cm³/mol. The third-order valence-electron chi connectivity index (χ3n) is 4.62. The van der Waals surface area contributed by atoms with Crippen molar-refractivity contribution in [1.82, 2.24) is 0 Å². The Morgan fingerprint density at radius 3 is 2.53 bits per heavy atom. The molecule has 0 radical (unpaired) electrons. The van der Waals surface area contributed by atoms with Crippen molar-refractivity contribution in [2.45, 2.75) is 6.42 Å². The molecule has 0 spiro atoms. The largest absolute Gasteiger partial charge is 0.497 e. The van der Waals surface area contributed by atoms with E-state index in [0.717, 1.165) is 0 Å². The zero-order chi connectivity index (χ0) is 21.7. The van der Waals surface area contributed by atoms with E-state index in [9.17, 15) is 18.8 Å². The van der Waals surface area contributed by atoms with Gasteiger partial charge in [0.1, 0.15) is 17.3 Å². The second-order valence-electron chi connectivity index (χ2n) is 6.60. The fourth-order valence-corrected chi connectivity index (χ4v) is 3.09. The first-order valence-corrected chi connectivity index (χ1v) is 9.15. The Morgan fingerprint density at radius 1 is 1.13 bits per heavy atom. The lowest BCUT2D eigenvalue weighted by atomic mass is 10.1. The molecule has 3 rings (SSSR count). The highest BCUT2D eigenvalue weighted by molar-refractivity contribution is 6.00. The minimum absolute atomic E-state index is 0.0401. The van der Waals surface area contributed by atoms with Crippen LogP contribution in [0.5, 0.6) is 11.5 Å². The van der Waals surface area contributed by atoms with E-state index in [1.807, 2.05) is 0 Å². The van der Waals surface area contributed by atoms with Gasteiger partial charge in [-0.15, -0.1) is 0 Å². The van der Waals surface area contributed by atoms with Crippen LogP contribution in [0.4, 0.5) is 15.8 Å². The highest BCUT2D eigenvalue weighted by Gasteiger charge is 2.36. The Labute approximate surface area is 172 Å². The molecule has 0 aromatic heterocycles. The minimum Gasteiger partial charge on any atom is -0.497 e. The normalized spacial score (nSPS) is 15.6. The number of methoxy groups -OCH3 is 2. The van der Waals surface area contributed by atoms with Gasteiger partial charge in [0.25, 0.3) is 5.91 Å². The van der Waals surface area contributed by atoms with Crippen molar-refractivity contribution in [3.63, 3.8) is 0 Å². The van der Waals surface area contributed by atoms with Gasteiger partial charge in [-0.2, -0.15) is 0 Å². The summed E-state index contributed by atoms with van der Waals surface area (Å²) in [5.74, 6) is -1.66. The van der Waals surface area contributed by atoms with E-state index in [4.69, 9.17) is 14.2 Å². The van der Waals surface area contributed by atoms with Gasteiger partial charge in [0.15, 0.2) is 6.61 Å². The van der Waals surface area contributed by atoms with Crippen molar-refractivity contribution in [3.8, 4) is 11.5 Å². The number of hydrogen-bond donors (Lipinski definition) is 1. The quantitative estimate of drug-likeness (QED) is 0.697. The SMILES string of the molecule is COc1ccc(OC)c(NC(=O)COC(=O)[C@H]2CC(=O)N(c3ccc(F)cc3)C2)c1. The zero-order valence-electron chi connectivity index (χ0n) is 16.5. The average Bonchev–Trinajstić information content (AvgIpc) is 3.14. The molecule has 0 unspecified atom stereocenters. The van der Waals surface area contributed by atoms with Crippen LogP contribution in [0.3, 0.4) is 0 Å². The number of halogens is 1. The Morgan fingerprint density at radius 2 is 1.87 bits per heavy atom. The molecule has 1 atom stereocenters. The summed E-state index contributed by atoms with van der Waals surface area (Å²) in [6, 6.07) is 10.3. The van der Waals surface area contributed by atoms with Crippen molar-refractivity contribution in [3.05, 3.63) is 48.3 Å². The summed E-state index contributed by atoms with van der Waals surface area (Å²) in [7, 11) is 2.95. The van der Waals surface area contributed by atoms with E-state index < -0.39 is 30.2 Å². The van der Waals surface area contributed by atoms with Crippen molar-refractivity contribution < 1.29 is 33.0 Å². The van der Waals surface area contributed by atoms with Gasteiger partial charge < -0.3 is 24.4 Å². The number of nitrogens with one attached hydrogen (secondary N) is 1. The van der Waals surface area contributed by atoms with Gasteiger partial charge in [-0.1, -0.05) is 0 Å². The van der Waals surface area contributed by atoms with Crippen LogP contribution in [-0.4, -0.2) is 45.2 Å². The Balaban J connectivity index is 1.55. The van der Waals surface area contributed by atoms with E-state index >= 15 is 0 Å². The van der Waals surface area contributed by atoms with Crippen LogP contribution in [0.15, 0.2) is 42.5 Å². The molecule has 9 heteroatoms. The number of carbonyl (C=O) groups is 3. The molecular weight excluding hydrogens is 395 g/mol. The standard InChI is InChI=1S/C21H21FN2O6/c1-28-16-7-8-18(29-2)17(10-16)23-19(25)12-30-21(27)13-9-20(26)24(11-13)15-5-3-14(22)4-6-15/h3-8,10,13H,9,11-12H2,1-2H3,(H,23,25)/t13-/m0/s1. The molecule has 1 N–H and O–H groups in total. The lowest BCUT2D eigenvalue weighted by Crippen LogP contribution is -2.28. The van der Waals surface area contributed by atoms with Crippen LogP contribution in [0, 0.1) is 11.7 Å². The van der Waals surface area contributed by atoms with Crippen molar-refractivity contribution in [2.75, 3.05) is 37.6 Å². The van der Waals surface area contributed by atoms with Gasteiger partial charge in [0.2, 0.25) is 5.91 Å². The van der Waals surface area contributed by atoms with Crippen LogP contribution in [0.1, 0.15) is 6.42 Å². The predicted octanol–water partition coefficient (Wildman–Crippen LogP) is 2.38. The van der Waals surface area contributed by atoms with E-state index in [1.165, 1.54) is 43.4 Å². The van der Waals surface area contributed by atoms with Gasteiger partial charge in [-0.3, -0.25) is 14.4 Å². The summed E-state index contributed by atoms with van der Waals surface area (Å²) >= 11 is 0. The van der Waals surface area contributed by atoms with Crippen LogP contribution in [-0.2, 0) is 19.1 Å². The van der Waals surface area contributed by atoms with Crippen LogP contribution in [0.25, 0.3) is 0 Å². The summed E-state index contributed by atoms with van der Waals surface area (Å²) in [6.07, 6.45) is -0.0401. The first-order valence-electron chi connectivity index (χ1n) is 9.15. The number of rotatable bonds is 7. The molecule has 0 aliphatic carbocycles. The number of hydrogen-bond acceptors (Lipinski definition) is 6. The third-order valence-corrected chi connectivity index (χ3v) is 4.62. The van der Waals surface area contributed by atoms with E-state index in [0.29, 0.717) is 22.9 Å². The highest BCUT2D eigenvalue weighted by Crippen LogP contribution is 2.29. The van der Waals surface area contributed by atoms with E-state index in [-0.39, 0.29) is 18.9 Å². The number of anilines is 2. The van der Waals surface area contributed by atoms with Crippen LogP contribution >= 0.6 is 0 Å². The summed E-state index contributed by atoms with van der Waals surface area (Å²) < 4.78 is 28.4. The minimum atomic E-state index is -0.707. The number of ether oxygens (including phenoxy) is 3. The molecule has 1 saturated heterocycles. The Bertz CT molecular complexity index is 947. The zero-order valence-corrected chi connectivity index (χ0v) is 16.5. The molecule has 0 bridgehead atoms. The van der Waals surface area contributed by atoms with Gasteiger partial charge >= 0.3 is 5.97 Å². The van der Waals surface area contributed by atoms with Gasteiger partial charge in [0, 0.05) is 24.7 Å². The van der Waals surface area contributed by atoms with Gasteiger partial charge in [-0.25, -0.2) is 4.39 Å². The number of nitrogens with zero attached hydrogens (tertiary/aromatic N) is 1. The number of benzene rings is 2.